The maximum absolute atomic E-state index is 12.5. The number of nitrogens with two attached hydrogens (primary N) is 1. The predicted octanol–water partition coefficient (Wildman–Crippen LogP) is 11.3. The molecule has 0 saturated carbocycles. The first-order valence-electron chi connectivity index (χ1n) is 20.1. The minimum absolute atomic E-state index is 0.0384. The number of ether oxygens (including phenoxy) is 2. The van der Waals surface area contributed by atoms with E-state index in [1.165, 1.54) is 25.7 Å². The summed E-state index contributed by atoms with van der Waals surface area (Å²) < 4.78 is 32.6. The molecule has 10 heteroatoms. The van der Waals surface area contributed by atoms with Gasteiger partial charge in [-0.25, -0.2) is 4.57 Å². The average Bonchev–Trinajstić information content (AvgIpc) is 3.14. The van der Waals surface area contributed by atoms with Gasteiger partial charge in [0.15, 0.2) is 6.10 Å². The highest BCUT2D eigenvalue weighted by atomic mass is 31.2. The molecule has 0 saturated heterocycles. The van der Waals surface area contributed by atoms with Gasteiger partial charge >= 0.3 is 19.8 Å². The Morgan fingerprint density at radius 2 is 1.04 bits per heavy atom. The Balaban J connectivity index is 4.33. The molecule has 9 nitrogen and oxygen atoms in total. The van der Waals surface area contributed by atoms with Crippen LogP contribution >= 0.6 is 7.82 Å². The van der Waals surface area contributed by atoms with E-state index < -0.39 is 32.5 Å². The van der Waals surface area contributed by atoms with Gasteiger partial charge in [-0.3, -0.25) is 18.6 Å². The number of unbranched alkanes of at least 4 members (excludes halogenated alkanes) is 9. The molecule has 0 aliphatic rings. The third kappa shape index (κ3) is 38.7. The molecule has 0 aromatic heterocycles. The summed E-state index contributed by atoms with van der Waals surface area (Å²) in [6, 6.07) is 0. The van der Waals surface area contributed by atoms with E-state index in [9.17, 15) is 19.0 Å². The van der Waals surface area contributed by atoms with Crippen molar-refractivity contribution < 1.29 is 37.6 Å². The van der Waals surface area contributed by atoms with Gasteiger partial charge in [0.2, 0.25) is 0 Å². The summed E-state index contributed by atoms with van der Waals surface area (Å²) >= 11 is 0. The van der Waals surface area contributed by atoms with Crippen molar-refractivity contribution in [3.05, 3.63) is 85.1 Å². The number of rotatable bonds is 36. The Morgan fingerprint density at radius 1 is 0.585 bits per heavy atom. The minimum atomic E-state index is -4.40. The van der Waals surface area contributed by atoms with Crippen molar-refractivity contribution >= 4 is 19.8 Å². The van der Waals surface area contributed by atoms with Crippen molar-refractivity contribution in [3.8, 4) is 0 Å². The molecule has 0 amide bonds. The molecule has 0 radical (unpaired) electrons. The summed E-state index contributed by atoms with van der Waals surface area (Å²) in [5.74, 6) is -0.913. The van der Waals surface area contributed by atoms with E-state index in [4.69, 9.17) is 24.3 Å². The van der Waals surface area contributed by atoms with Crippen LogP contribution in [-0.4, -0.2) is 49.3 Å². The normalized spacial score (nSPS) is 14.3. The fourth-order valence-electron chi connectivity index (χ4n) is 4.81. The molecule has 2 atom stereocenters. The summed E-state index contributed by atoms with van der Waals surface area (Å²) in [5, 5.41) is 0. The second-order valence-corrected chi connectivity index (χ2v) is 14.2. The van der Waals surface area contributed by atoms with Gasteiger partial charge in [-0.2, -0.15) is 0 Å². The van der Waals surface area contributed by atoms with Crippen molar-refractivity contribution in [2.45, 2.75) is 148 Å². The SMILES string of the molecule is CC/C=C\C/C=C\C/C=C\C/C=C\CCCCC(=O)O[C@H](COC(=O)CCCCCC/C=C\C/C=C\C/C=C\CCCCC)COP(=O)(O)OCCN. The zero-order valence-electron chi connectivity index (χ0n) is 33.0. The lowest BCUT2D eigenvalue weighted by atomic mass is 10.1. The number of phosphoric acid groups is 1. The molecule has 0 aliphatic heterocycles. The molecule has 0 fully saturated rings. The molecule has 1 unspecified atom stereocenters. The monoisotopic (exact) mass is 761 g/mol. The number of allylic oxidation sites excluding steroid dienone is 14. The van der Waals surface area contributed by atoms with E-state index in [0.717, 1.165) is 77.0 Å². The average molecular weight is 762 g/mol. The van der Waals surface area contributed by atoms with Crippen LogP contribution in [0.3, 0.4) is 0 Å². The first-order valence-corrected chi connectivity index (χ1v) is 21.6. The molecule has 0 bridgehead atoms. The van der Waals surface area contributed by atoms with Crippen LogP contribution in [0.15, 0.2) is 85.1 Å². The number of carbonyl (C=O) groups is 2. The first kappa shape index (κ1) is 50.2. The van der Waals surface area contributed by atoms with Crippen molar-refractivity contribution in [1.82, 2.24) is 0 Å². The molecule has 0 heterocycles. The highest BCUT2D eigenvalue weighted by Crippen LogP contribution is 2.43. The summed E-state index contributed by atoms with van der Waals surface area (Å²) in [6.07, 6.45) is 47.6. The summed E-state index contributed by atoms with van der Waals surface area (Å²) in [5.41, 5.74) is 5.33. The Labute approximate surface area is 322 Å². The van der Waals surface area contributed by atoms with Crippen LogP contribution in [0.25, 0.3) is 0 Å². The van der Waals surface area contributed by atoms with E-state index in [0.29, 0.717) is 12.8 Å². The van der Waals surface area contributed by atoms with Gasteiger partial charge in [-0.05, 0) is 89.9 Å². The van der Waals surface area contributed by atoms with Crippen LogP contribution in [0.1, 0.15) is 142 Å². The van der Waals surface area contributed by atoms with Crippen molar-refractivity contribution in [3.63, 3.8) is 0 Å². The number of hydrogen-bond acceptors (Lipinski definition) is 8. The largest absolute Gasteiger partial charge is 0.472 e. The third-order valence-corrected chi connectivity index (χ3v) is 8.75. The minimum Gasteiger partial charge on any atom is -0.462 e. The molecule has 3 N–H and O–H groups in total. The maximum Gasteiger partial charge on any atom is 0.472 e. The van der Waals surface area contributed by atoms with Gasteiger partial charge in [0, 0.05) is 19.4 Å². The Bertz CT molecular complexity index is 1140. The van der Waals surface area contributed by atoms with Gasteiger partial charge in [-0.15, -0.1) is 0 Å². The summed E-state index contributed by atoms with van der Waals surface area (Å²) in [4.78, 5) is 34.8. The van der Waals surface area contributed by atoms with Gasteiger partial charge in [-0.1, -0.05) is 125 Å². The summed E-state index contributed by atoms with van der Waals surface area (Å²) in [6.45, 7) is 3.48. The van der Waals surface area contributed by atoms with E-state index >= 15 is 0 Å². The molecular weight excluding hydrogens is 689 g/mol. The van der Waals surface area contributed by atoms with E-state index in [1.807, 2.05) is 0 Å². The lowest BCUT2D eigenvalue weighted by Gasteiger charge is -2.19. The highest BCUT2D eigenvalue weighted by Gasteiger charge is 2.25. The zero-order chi connectivity index (χ0) is 38.9. The topological polar surface area (TPSA) is 134 Å². The molecule has 0 aromatic carbocycles. The van der Waals surface area contributed by atoms with Crippen molar-refractivity contribution in [1.29, 1.82) is 0 Å². The van der Waals surface area contributed by atoms with Crippen LogP contribution < -0.4 is 5.73 Å². The first-order chi connectivity index (χ1) is 25.8. The highest BCUT2D eigenvalue weighted by molar-refractivity contribution is 7.47. The molecule has 0 aliphatic carbocycles. The second kappa shape index (κ2) is 38.9. The van der Waals surface area contributed by atoms with Gasteiger partial charge in [0.1, 0.15) is 6.61 Å². The predicted molar refractivity (Wildman–Crippen MR) is 219 cm³/mol. The molecule has 0 spiro atoms. The van der Waals surface area contributed by atoms with Gasteiger partial charge in [0.05, 0.1) is 13.2 Å². The third-order valence-electron chi connectivity index (χ3n) is 7.77. The molecule has 53 heavy (non-hydrogen) atoms. The van der Waals surface area contributed by atoms with Gasteiger partial charge < -0.3 is 20.1 Å². The van der Waals surface area contributed by atoms with E-state index in [1.54, 1.807) is 0 Å². The van der Waals surface area contributed by atoms with Crippen LogP contribution in [0.4, 0.5) is 0 Å². The number of esters is 2. The smallest absolute Gasteiger partial charge is 0.462 e. The van der Waals surface area contributed by atoms with Gasteiger partial charge in [0.25, 0.3) is 0 Å². The van der Waals surface area contributed by atoms with Crippen molar-refractivity contribution in [2.75, 3.05) is 26.4 Å². The lowest BCUT2D eigenvalue weighted by Crippen LogP contribution is -2.29. The quantitative estimate of drug-likeness (QED) is 0.0277. The number of hydrogen-bond donors (Lipinski definition) is 2. The van der Waals surface area contributed by atoms with Crippen LogP contribution in [0, 0.1) is 0 Å². The molecule has 0 rings (SSSR count). The maximum atomic E-state index is 12.5. The Morgan fingerprint density at radius 3 is 1.57 bits per heavy atom. The fraction of sp³-hybridized carbons (Fsp3) is 0.628. The molecule has 0 aromatic rings. The Kier molecular flexibility index (Phi) is 36.8. The summed E-state index contributed by atoms with van der Waals surface area (Å²) in [7, 11) is -4.40. The van der Waals surface area contributed by atoms with Crippen LogP contribution in [-0.2, 0) is 32.7 Å². The van der Waals surface area contributed by atoms with Crippen molar-refractivity contribution in [2.24, 2.45) is 5.73 Å². The van der Waals surface area contributed by atoms with Crippen LogP contribution in [0.5, 0.6) is 0 Å². The number of carbonyl (C=O) groups excluding carboxylic acids is 2. The molecular formula is C43H72NO8P. The van der Waals surface area contributed by atoms with Crippen LogP contribution in [0.2, 0.25) is 0 Å². The Hall–Kier alpha value is -2.81. The molecule has 302 valence electrons. The van der Waals surface area contributed by atoms with E-state index in [-0.39, 0.29) is 32.6 Å². The van der Waals surface area contributed by atoms with E-state index in [2.05, 4.69) is 98.9 Å². The number of phosphoric ester groups is 1. The second-order valence-electron chi connectivity index (χ2n) is 12.8. The lowest BCUT2D eigenvalue weighted by molar-refractivity contribution is -0.161. The standard InChI is InChI=1S/C43H72NO8P/c1-3-5-7-9-11-13-15-17-19-20-22-23-25-27-29-31-33-35-42(45)49-39-41(40-51-53(47,48)50-38-37-44)52-43(46)36-34-32-30-28-26-24-21-18-16-14-12-10-8-6-4-2/h6,8,11-14,17-19,21-23,26,28,41H,3-5,7,9-10,15-16,20,24-25,27,29-40,44H2,1-2H3,(H,47,48)/b8-6-,13-11-,14-12-,19-17-,21-18-,23-22-,28-26-/t41-/m1/s1. The fourth-order valence-corrected chi connectivity index (χ4v) is 5.57. The zero-order valence-corrected chi connectivity index (χ0v) is 33.9.